The summed E-state index contributed by atoms with van der Waals surface area (Å²) < 4.78 is 5.06. The summed E-state index contributed by atoms with van der Waals surface area (Å²) in [6, 6.07) is 1.44. The van der Waals surface area contributed by atoms with E-state index in [1.54, 1.807) is 0 Å². The van der Waals surface area contributed by atoms with E-state index >= 15 is 0 Å². The lowest BCUT2D eigenvalue weighted by molar-refractivity contribution is 0.0298. The van der Waals surface area contributed by atoms with Crippen LogP contribution in [0, 0.1) is 12.8 Å². The quantitative estimate of drug-likeness (QED) is 0.839. The molecule has 5 nitrogen and oxygen atoms in total. The Morgan fingerprint density at radius 2 is 2.20 bits per heavy atom. The van der Waals surface area contributed by atoms with E-state index in [0.717, 1.165) is 24.8 Å². The van der Waals surface area contributed by atoms with Crippen molar-refractivity contribution in [1.82, 2.24) is 19.9 Å². The van der Waals surface area contributed by atoms with Crippen LogP contribution >= 0.6 is 0 Å². The molecule has 2 aliphatic rings. The Morgan fingerprint density at radius 1 is 1.35 bits per heavy atom. The van der Waals surface area contributed by atoms with Gasteiger partial charge in [0.05, 0.1) is 0 Å². The minimum atomic E-state index is 0.664. The Kier molecular flexibility index (Phi) is 4.08. The Labute approximate surface area is 121 Å². The van der Waals surface area contributed by atoms with E-state index in [4.69, 9.17) is 4.52 Å². The summed E-state index contributed by atoms with van der Waals surface area (Å²) in [7, 11) is 0. The van der Waals surface area contributed by atoms with Crippen LogP contribution in [0.25, 0.3) is 0 Å². The summed E-state index contributed by atoms with van der Waals surface area (Å²) in [5, 5.41) is 4.01. The highest BCUT2D eigenvalue weighted by Gasteiger charge is 2.37. The maximum atomic E-state index is 5.06. The van der Waals surface area contributed by atoms with Crippen LogP contribution in [0.2, 0.25) is 0 Å². The van der Waals surface area contributed by atoms with Crippen molar-refractivity contribution in [2.75, 3.05) is 26.2 Å². The molecule has 2 saturated heterocycles. The second-order valence-electron chi connectivity index (χ2n) is 6.58. The molecular formula is C15H26N4O. The molecule has 2 aliphatic heterocycles. The fourth-order valence-electron chi connectivity index (χ4n) is 3.68. The average Bonchev–Trinajstić information content (AvgIpc) is 3.03. The molecule has 1 aromatic rings. The molecule has 3 rings (SSSR count). The molecule has 0 aliphatic carbocycles. The predicted octanol–water partition coefficient (Wildman–Crippen LogP) is 1.73. The molecule has 2 fully saturated rings. The molecule has 0 spiro atoms. The van der Waals surface area contributed by atoms with Gasteiger partial charge < -0.3 is 4.52 Å². The number of fused-ring (bicyclic) bond motifs is 1. The molecule has 5 heteroatoms. The standard InChI is InChI=1S/C15H26N4O/c1-11(2)14-10-18-7-4-5-13(18)9-19(14)8-6-15-16-12(3)20-17-15/h11,13-14H,4-10H2,1-3H3. The van der Waals surface area contributed by atoms with Crippen molar-refractivity contribution in [3.05, 3.63) is 11.7 Å². The van der Waals surface area contributed by atoms with E-state index in [9.17, 15) is 0 Å². The number of hydrogen-bond donors (Lipinski definition) is 0. The van der Waals surface area contributed by atoms with Crippen LogP contribution in [0.4, 0.5) is 0 Å². The zero-order chi connectivity index (χ0) is 14.1. The van der Waals surface area contributed by atoms with Crippen molar-refractivity contribution < 1.29 is 4.52 Å². The van der Waals surface area contributed by atoms with E-state index < -0.39 is 0 Å². The molecule has 3 heterocycles. The third kappa shape index (κ3) is 2.88. The first-order valence-electron chi connectivity index (χ1n) is 7.91. The van der Waals surface area contributed by atoms with Gasteiger partial charge in [-0.15, -0.1) is 0 Å². The minimum Gasteiger partial charge on any atom is -0.340 e. The van der Waals surface area contributed by atoms with Gasteiger partial charge in [-0.3, -0.25) is 9.80 Å². The van der Waals surface area contributed by atoms with Gasteiger partial charge in [-0.1, -0.05) is 19.0 Å². The van der Waals surface area contributed by atoms with Crippen molar-refractivity contribution in [2.24, 2.45) is 5.92 Å². The highest BCUT2D eigenvalue weighted by molar-refractivity contribution is 4.94. The Morgan fingerprint density at radius 3 is 2.90 bits per heavy atom. The number of piperazine rings is 1. The molecule has 2 unspecified atom stereocenters. The Hall–Kier alpha value is -0.940. The van der Waals surface area contributed by atoms with Crippen molar-refractivity contribution in [2.45, 2.75) is 52.1 Å². The van der Waals surface area contributed by atoms with Gasteiger partial charge in [0.15, 0.2) is 5.82 Å². The van der Waals surface area contributed by atoms with Crippen LogP contribution < -0.4 is 0 Å². The van der Waals surface area contributed by atoms with Gasteiger partial charge in [-0.2, -0.15) is 4.98 Å². The summed E-state index contributed by atoms with van der Waals surface area (Å²) >= 11 is 0. The highest BCUT2D eigenvalue weighted by Crippen LogP contribution is 2.27. The Balaban J connectivity index is 1.62. The van der Waals surface area contributed by atoms with Gasteiger partial charge in [0.2, 0.25) is 5.89 Å². The van der Waals surface area contributed by atoms with Gasteiger partial charge in [0.1, 0.15) is 0 Å². The first kappa shape index (κ1) is 14.0. The van der Waals surface area contributed by atoms with E-state index in [1.165, 1.54) is 32.5 Å². The molecule has 0 saturated carbocycles. The third-order valence-electron chi connectivity index (χ3n) is 4.80. The molecule has 0 aromatic carbocycles. The Bertz CT molecular complexity index is 445. The first-order valence-corrected chi connectivity index (χ1v) is 7.91. The third-order valence-corrected chi connectivity index (χ3v) is 4.80. The molecular weight excluding hydrogens is 252 g/mol. The molecule has 112 valence electrons. The van der Waals surface area contributed by atoms with Crippen molar-refractivity contribution in [3.8, 4) is 0 Å². The van der Waals surface area contributed by atoms with E-state index in [1.807, 2.05) is 6.92 Å². The number of aromatic nitrogens is 2. The molecule has 0 N–H and O–H groups in total. The second-order valence-corrected chi connectivity index (χ2v) is 6.58. The lowest BCUT2D eigenvalue weighted by atomic mass is 9.97. The summed E-state index contributed by atoms with van der Waals surface area (Å²) in [6.45, 7) is 11.3. The molecule has 20 heavy (non-hydrogen) atoms. The van der Waals surface area contributed by atoms with Gasteiger partial charge in [0, 0.05) is 45.1 Å². The van der Waals surface area contributed by atoms with Crippen LogP contribution in [0.15, 0.2) is 4.52 Å². The predicted molar refractivity (Wildman–Crippen MR) is 77.5 cm³/mol. The van der Waals surface area contributed by atoms with Gasteiger partial charge >= 0.3 is 0 Å². The van der Waals surface area contributed by atoms with Crippen LogP contribution in [-0.4, -0.2) is 58.2 Å². The lowest BCUT2D eigenvalue weighted by Crippen LogP contribution is -2.58. The maximum Gasteiger partial charge on any atom is 0.223 e. The minimum absolute atomic E-state index is 0.664. The van der Waals surface area contributed by atoms with E-state index in [2.05, 4.69) is 33.8 Å². The van der Waals surface area contributed by atoms with Crippen LogP contribution in [-0.2, 0) is 6.42 Å². The second kappa shape index (κ2) is 5.82. The van der Waals surface area contributed by atoms with E-state index in [0.29, 0.717) is 17.9 Å². The average molecular weight is 278 g/mol. The first-order chi connectivity index (χ1) is 9.63. The smallest absolute Gasteiger partial charge is 0.223 e. The number of nitrogens with zero attached hydrogens (tertiary/aromatic N) is 4. The van der Waals surface area contributed by atoms with Crippen molar-refractivity contribution >= 4 is 0 Å². The zero-order valence-electron chi connectivity index (χ0n) is 12.9. The monoisotopic (exact) mass is 278 g/mol. The van der Waals surface area contributed by atoms with Crippen LogP contribution in [0.3, 0.4) is 0 Å². The van der Waals surface area contributed by atoms with Gasteiger partial charge in [0.25, 0.3) is 0 Å². The summed E-state index contributed by atoms with van der Waals surface area (Å²) in [6.07, 6.45) is 3.63. The van der Waals surface area contributed by atoms with Crippen molar-refractivity contribution in [3.63, 3.8) is 0 Å². The highest BCUT2D eigenvalue weighted by atomic mass is 16.5. The zero-order valence-corrected chi connectivity index (χ0v) is 12.9. The largest absolute Gasteiger partial charge is 0.340 e. The molecule has 0 amide bonds. The maximum absolute atomic E-state index is 5.06. The summed E-state index contributed by atoms with van der Waals surface area (Å²) in [4.78, 5) is 9.67. The van der Waals surface area contributed by atoms with E-state index in [-0.39, 0.29) is 0 Å². The number of aryl methyl sites for hydroxylation is 1. The van der Waals surface area contributed by atoms with Gasteiger partial charge in [-0.05, 0) is 25.3 Å². The SMILES string of the molecule is Cc1nc(CCN2CC3CCCN3CC2C(C)C)no1. The molecule has 2 atom stereocenters. The van der Waals surface area contributed by atoms with Gasteiger partial charge in [-0.25, -0.2) is 0 Å². The van der Waals surface area contributed by atoms with Crippen LogP contribution in [0.5, 0.6) is 0 Å². The fraction of sp³-hybridized carbons (Fsp3) is 0.867. The topological polar surface area (TPSA) is 45.4 Å². The summed E-state index contributed by atoms with van der Waals surface area (Å²) in [5.74, 6) is 2.21. The lowest BCUT2D eigenvalue weighted by Gasteiger charge is -2.45. The van der Waals surface area contributed by atoms with Crippen LogP contribution in [0.1, 0.15) is 38.4 Å². The molecule has 0 radical (unpaired) electrons. The normalized spacial score (nSPS) is 28.2. The fourth-order valence-corrected chi connectivity index (χ4v) is 3.68. The number of hydrogen-bond acceptors (Lipinski definition) is 5. The molecule has 1 aromatic heterocycles. The molecule has 0 bridgehead atoms. The van der Waals surface area contributed by atoms with Crippen molar-refractivity contribution in [1.29, 1.82) is 0 Å². The number of rotatable bonds is 4. The summed E-state index contributed by atoms with van der Waals surface area (Å²) in [5.41, 5.74) is 0.